The highest BCUT2D eigenvalue weighted by molar-refractivity contribution is 8.13. The fraction of sp³-hybridized carbons (Fsp3) is 0.286. The molecule has 1 heterocycles. The molecule has 0 aromatic carbocycles. The van der Waals surface area contributed by atoms with Gasteiger partial charge in [-0.05, 0) is 0 Å². The van der Waals surface area contributed by atoms with Gasteiger partial charge >= 0.3 is 0 Å². The van der Waals surface area contributed by atoms with Gasteiger partial charge in [-0.15, -0.1) is 0 Å². The van der Waals surface area contributed by atoms with Crippen molar-refractivity contribution in [3.63, 3.8) is 0 Å². The summed E-state index contributed by atoms with van der Waals surface area (Å²) < 4.78 is 51.3. The van der Waals surface area contributed by atoms with Gasteiger partial charge < -0.3 is 9.84 Å². The summed E-state index contributed by atoms with van der Waals surface area (Å²) in [7, 11) is 1.60. The predicted molar refractivity (Wildman–Crippen MR) is 50.4 cm³/mol. The Balaban J connectivity index is 3.55. The molecule has 1 aromatic rings. The van der Waals surface area contributed by atoms with Crippen LogP contribution in [0.2, 0.25) is 0 Å². The Morgan fingerprint density at radius 2 is 2.12 bits per heavy atom. The topological polar surface area (TPSA) is 76.5 Å². The van der Waals surface area contributed by atoms with Gasteiger partial charge in [-0.1, -0.05) is 0 Å². The molecule has 5 nitrogen and oxygen atoms in total. The number of hydrogen-bond donors (Lipinski definition) is 1. The highest BCUT2D eigenvalue weighted by atomic mass is 35.7. The van der Waals surface area contributed by atoms with E-state index in [1.54, 1.807) is 0 Å². The molecule has 0 aliphatic heterocycles. The zero-order valence-corrected chi connectivity index (χ0v) is 9.39. The Morgan fingerprint density at radius 3 is 2.50 bits per heavy atom. The van der Waals surface area contributed by atoms with E-state index in [0.29, 0.717) is 6.07 Å². The van der Waals surface area contributed by atoms with E-state index in [1.807, 2.05) is 0 Å². The van der Waals surface area contributed by atoms with Crippen LogP contribution in [0.1, 0.15) is 12.1 Å². The molecule has 0 fully saturated rings. The maximum atomic E-state index is 12.5. The molecular weight excluding hydrogens is 268 g/mol. The second-order valence-electron chi connectivity index (χ2n) is 2.64. The number of aromatic hydroxyl groups is 1. The normalized spacial score (nSPS) is 11.8. The van der Waals surface area contributed by atoms with Crippen molar-refractivity contribution in [2.75, 3.05) is 7.11 Å². The second-order valence-corrected chi connectivity index (χ2v) is 5.17. The Hall–Kier alpha value is -1.15. The van der Waals surface area contributed by atoms with Crippen molar-refractivity contribution >= 4 is 19.7 Å². The fourth-order valence-corrected chi connectivity index (χ4v) is 1.99. The number of hydrogen-bond acceptors (Lipinski definition) is 5. The van der Waals surface area contributed by atoms with Gasteiger partial charge in [-0.2, -0.15) is 0 Å². The van der Waals surface area contributed by atoms with E-state index in [2.05, 4.69) is 9.72 Å². The van der Waals surface area contributed by atoms with Crippen LogP contribution in [-0.4, -0.2) is 25.6 Å². The first-order valence-corrected chi connectivity index (χ1v) is 6.09. The molecule has 1 rings (SSSR count). The number of aromatic nitrogens is 1. The summed E-state index contributed by atoms with van der Waals surface area (Å²) in [5.41, 5.74) is -1.07. The van der Waals surface area contributed by atoms with Crippen LogP contribution in [0.15, 0.2) is 11.0 Å². The second kappa shape index (κ2) is 4.38. The monoisotopic (exact) mass is 273 g/mol. The first-order chi connectivity index (χ1) is 7.27. The Bertz CT molecular complexity index is 505. The molecule has 0 amide bonds. The Morgan fingerprint density at radius 1 is 1.56 bits per heavy atom. The van der Waals surface area contributed by atoms with Crippen LogP contribution >= 0.6 is 10.7 Å². The number of ether oxygens (including phenoxy) is 1. The minimum Gasteiger partial charge on any atom is -0.503 e. The SMILES string of the molecule is COc1nc(C(F)F)c(S(=O)(=O)Cl)cc1O. The van der Waals surface area contributed by atoms with E-state index in [4.69, 9.17) is 10.7 Å². The van der Waals surface area contributed by atoms with Crippen molar-refractivity contribution in [2.45, 2.75) is 11.3 Å². The zero-order chi connectivity index (χ0) is 12.5. The first kappa shape index (κ1) is 12.9. The average molecular weight is 274 g/mol. The molecule has 90 valence electrons. The van der Waals surface area contributed by atoms with Crippen LogP contribution in [0.5, 0.6) is 11.6 Å². The van der Waals surface area contributed by atoms with Gasteiger partial charge in [0.15, 0.2) is 5.75 Å². The molecule has 0 aliphatic carbocycles. The van der Waals surface area contributed by atoms with E-state index >= 15 is 0 Å². The number of alkyl halides is 2. The molecule has 9 heteroatoms. The highest BCUT2D eigenvalue weighted by Crippen LogP contribution is 2.34. The molecule has 0 radical (unpaired) electrons. The minimum atomic E-state index is -4.41. The molecule has 0 spiro atoms. The summed E-state index contributed by atoms with van der Waals surface area (Å²) in [4.78, 5) is 2.23. The van der Waals surface area contributed by atoms with E-state index in [9.17, 15) is 22.3 Å². The van der Waals surface area contributed by atoms with Gasteiger partial charge in [0.25, 0.3) is 21.4 Å². The lowest BCUT2D eigenvalue weighted by Crippen LogP contribution is -2.03. The number of rotatable bonds is 3. The lowest BCUT2D eigenvalue weighted by atomic mass is 10.3. The Kier molecular flexibility index (Phi) is 3.54. The summed E-state index contributed by atoms with van der Waals surface area (Å²) in [6, 6.07) is 0.565. The standard InChI is InChI=1S/C7H6ClF2NO4S/c1-15-7-3(12)2-4(16(8,13)14)5(11-7)6(9)10/h2,6,12H,1H3. The van der Waals surface area contributed by atoms with Crippen molar-refractivity contribution in [3.05, 3.63) is 11.8 Å². The summed E-state index contributed by atoms with van der Waals surface area (Å²) in [5, 5.41) is 9.21. The summed E-state index contributed by atoms with van der Waals surface area (Å²) in [6.07, 6.45) is -3.15. The van der Waals surface area contributed by atoms with Crippen LogP contribution in [0.4, 0.5) is 8.78 Å². The van der Waals surface area contributed by atoms with Gasteiger partial charge in [-0.3, -0.25) is 0 Å². The number of nitrogens with zero attached hydrogens (tertiary/aromatic N) is 1. The molecule has 0 saturated heterocycles. The van der Waals surface area contributed by atoms with Gasteiger partial charge in [0, 0.05) is 16.7 Å². The fourth-order valence-electron chi connectivity index (χ4n) is 0.983. The third kappa shape index (κ3) is 2.50. The summed E-state index contributed by atoms with van der Waals surface area (Å²) in [6.45, 7) is 0. The molecule has 0 aliphatic rings. The van der Waals surface area contributed by atoms with Crippen molar-refractivity contribution in [3.8, 4) is 11.6 Å². The molecule has 1 aromatic heterocycles. The number of halogens is 3. The summed E-state index contributed by atoms with van der Waals surface area (Å²) in [5.74, 6) is -1.19. The largest absolute Gasteiger partial charge is 0.503 e. The lowest BCUT2D eigenvalue weighted by molar-refractivity contribution is 0.140. The van der Waals surface area contributed by atoms with Crippen LogP contribution in [0.3, 0.4) is 0 Å². The van der Waals surface area contributed by atoms with Crippen molar-refractivity contribution in [2.24, 2.45) is 0 Å². The predicted octanol–water partition coefficient (Wildman–Crippen LogP) is 1.66. The van der Waals surface area contributed by atoms with Crippen LogP contribution in [0, 0.1) is 0 Å². The molecule has 0 unspecified atom stereocenters. The van der Waals surface area contributed by atoms with Crippen LogP contribution in [0.25, 0.3) is 0 Å². The number of pyridine rings is 1. The zero-order valence-electron chi connectivity index (χ0n) is 7.82. The smallest absolute Gasteiger partial charge is 0.281 e. The number of methoxy groups -OCH3 is 1. The maximum Gasteiger partial charge on any atom is 0.281 e. The first-order valence-electron chi connectivity index (χ1n) is 3.78. The van der Waals surface area contributed by atoms with Gasteiger partial charge in [0.1, 0.15) is 10.6 Å². The Labute approximate surface area is 94.1 Å². The third-order valence-electron chi connectivity index (χ3n) is 1.62. The quantitative estimate of drug-likeness (QED) is 0.848. The molecule has 0 atom stereocenters. The molecule has 16 heavy (non-hydrogen) atoms. The minimum absolute atomic E-state index is 0.501. The maximum absolute atomic E-state index is 12.5. The van der Waals surface area contributed by atoms with Gasteiger partial charge in [-0.25, -0.2) is 22.2 Å². The summed E-state index contributed by atoms with van der Waals surface area (Å²) >= 11 is 0. The van der Waals surface area contributed by atoms with E-state index < -0.39 is 37.7 Å². The molecule has 0 bridgehead atoms. The molecule has 1 N–H and O–H groups in total. The van der Waals surface area contributed by atoms with Crippen molar-refractivity contribution < 1.29 is 27.0 Å². The van der Waals surface area contributed by atoms with Gasteiger partial charge in [0.05, 0.1) is 7.11 Å². The average Bonchev–Trinajstić information content (AvgIpc) is 2.15. The van der Waals surface area contributed by atoms with Crippen molar-refractivity contribution in [1.82, 2.24) is 4.98 Å². The van der Waals surface area contributed by atoms with Crippen LogP contribution in [-0.2, 0) is 9.05 Å². The van der Waals surface area contributed by atoms with Crippen LogP contribution < -0.4 is 4.74 Å². The van der Waals surface area contributed by atoms with E-state index in [-0.39, 0.29) is 0 Å². The molecule has 0 saturated carbocycles. The van der Waals surface area contributed by atoms with E-state index in [0.717, 1.165) is 7.11 Å². The lowest BCUT2D eigenvalue weighted by Gasteiger charge is -2.08. The third-order valence-corrected chi connectivity index (χ3v) is 2.98. The highest BCUT2D eigenvalue weighted by Gasteiger charge is 2.26. The van der Waals surface area contributed by atoms with Gasteiger partial charge in [0.2, 0.25) is 0 Å². The van der Waals surface area contributed by atoms with E-state index in [1.165, 1.54) is 0 Å². The van der Waals surface area contributed by atoms with Crippen molar-refractivity contribution in [1.29, 1.82) is 0 Å². The molecular formula is C7H6ClF2NO4S.